The average molecular weight is 334 g/mol. The Bertz CT molecular complexity index is 882. The summed E-state index contributed by atoms with van der Waals surface area (Å²) in [4.78, 5) is 24.0. The summed E-state index contributed by atoms with van der Waals surface area (Å²) in [7, 11) is 0. The molecular weight excluding hydrogens is 325 g/mol. The minimum atomic E-state index is -4.81. The number of ether oxygens (including phenoxy) is 1. The van der Waals surface area contributed by atoms with Crippen LogP contribution >= 0.6 is 0 Å². The highest BCUT2D eigenvalue weighted by atomic mass is 19.4. The standard InChI is InChI=1S/C15H9F3N4O2/c16-15(17,18)24-10-2-4-12(21-8-10)14(23)22-9-1-3-11-13(7-9)20-6-5-19-11/h1-8H,(H,22,23). The van der Waals surface area contributed by atoms with Gasteiger partial charge >= 0.3 is 6.36 Å². The molecule has 1 aromatic carbocycles. The molecule has 1 amide bonds. The van der Waals surface area contributed by atoms with E-state index < -0.39 is 18.0 Å². The van der Waals surface area contributed by atoms with Crippen LogP contribution in [0.15, 0.2) is 48.9 Å². The van der Waals surface area contributed by atoms with Crippen molar-refractivity contribution < 1.29 is 22.7 Å². The SMILES string of the molecule is O=C(Nc1ccc2nccnc2c1)c1ccc(OC(F)(F)F)cn1. The fourth-order valence-electron chi connectivity index (χ4n) is 1.94. The zero-order valence-electron chi connectivity index (χ0n) is 11.9. The van der Waals surface area contributed by atoms with E-state index in [-0.39, 0.29) is 5.69 Å². The first-order valence-corrected chi connectivity index (χ1v) is 6.65. The van der Waals surface area contributed by atoms with E-state index in [1.807, 2.05) is 0 Å². The number of hydrogen-bond donors (Lipinski definition) is 1. The van der Waals surface area contributed by atoms with Crippen molar-refractivity contribution in [1.29, 1.82) is 0 Å². The first-order valence-electron chi connectivity index (χ1n) is 6.65. The maximum absolute atomic E-state index is 12.1. The third-order valence-corrected chi connectivity index (χ3v) is 2.93. The van der Waals surface area contributed by atoms with Crippen molar-refractivity contribution in [3.8, 4) is 5.75 Å². The van der Waals surface area contributed by atoms with Crippen LogP contribution in [0.2, 0.25) is 0 Å². The van der Waals surface area contributed by atoms with Crippen molar-refractivity contribution in [3.05, 3.63) is 54.6 Å². The molecule has 0 spiro atoms. The van der Waals surface area contributed by atoms with Gasteiger partial charge in [0.15, 0.2) is 0 Å². The van der Waals surface area contributed by atoms with Crippen LogP contribution in [0.3, 0.4) is 0 Å². The first kappa shape index (κ1) is 15.7. The molecule has 0 radical (unpaired) electrons. The number of carbonyl (C=O) groups excluding carboxylic acids is 1. The predicted octanol–water partition coefficient (Wildman–Crippen LogP) is 3.18. The second kappa shape index (κ2) is 6.11. The molecule has 0 aliphatic heterocycles. The third-order valence-electron chi connectivity index (χ3n) is 2.93. The van der Waals surface area contributed by atoms with E-state index in [9.17, 15) is 18.0 Å². The number of nitrogens with one attached hydrogen (secondary N) is 1. The number of amides is 1. The number of pyridine rings is 1. The summed E-state index contributed by atoms with van der Waals surface area (Å²) in [5, 5.41) is 2.59. The van der Waals surface area contributed by atoms with Crippen LogP contribution in [0.4, 0.5) is 18.9 Å². The Morgan fingerprint density at radius 1 is 1.00 bits per heavy atom. The first-order chi connectivity index (χ1) is 11.4. The molecule has 0 atom stereocenters. The Balaban J connectivity index is 1.73. The van der Waals surface area contributed by atoms with Gasteiger partial charge in [-0.2, -0.15) is 0 Å². The molecule has 3 rings (SSSR count). The summed E-state index contributed by atoms with van der Waals surface area (Å²) in [6, 6.07) is 7.10. The highest BCUT2D eigenvalue weighted by Gasteiger charge is 2.31. The van der Waals surface area contributed by atoms with Gasteiger partial charge in [0, 0.05) is 18.1 Å². The van der Waals surface area contributed by atoms with E-state index >= 15 is 0 Å². The van der Waals surface area contributed by atoms with Gasteiger partial charge in [-0.3, -0.25) is 14.8 Å². The van der Waals surface area contributed by atoms with Crippen molar-refractivity contribution >= 4 is 22.6 Å². The van der Waals surface area contributed by atoms with Crippen molar-refractivity contribution in [2.24, 2.45) is 0 Å². The maximum atomic E-state index is 12.1. The number of nitrogens with zero attached hydrogens (tertiary/aromatic N) is 3. The predicted molar refractivity (Wildman–Crippen MR) is 78.4 cm³/mol. The van der Waals surface area contributed by atoms with Crippen molar-refractivity contribution in [3.63, 3.8) is 0 Å². The summed E-state index contributed by atoms with van der Waals surface area (Å²) in [6.07, 6.45) is -0.907. The molecule has 0 aliphatic rings. The van der Waals surface area contributed by atoms with Crippen molar-refractivity contribution in [1.82, 2.24) is 15.0 Å². The molecule has 0 saturated carbocycles. The van der Waals surface area contributed by atoms with Gasteiger partial charge in [-0.05, 0) is 30.3 Å². The molecule has 2 heterocycles. The highest BCUT2D eigenvalue weighted by Crippen LogP contribution is 2.22. The number of carbonyl (C=O) groups is 1. The molecule has 0 saturated heterocycles. The van der Waals surface area contributed by atoms with E-state index in [4.69, 9.17) is 0 Å². The van der Waals surface area contributed by atoms with E-state index in [1.165, 1.54) is 6.20 Å². The van der Waals surface area contributed by atoms with Gasteiger partial charge in [0.2, 0.25) is 0 Å². The van der Waals surface area contributed by atoms with Gasteiger partial charge in [-0.15, -0.1) is 13.2 Å². The fourth-order valence-corrected chi connectivity index (χ4v) is 1.94. The topological polar surface area (TPSA) is 77.0 Å². The monoisotopic (exact) mass is 334 g/mol. The average Bonchev–Trinajstić information content (AvgIpc) is 2.54. The number of rotatable bonds is 3. The smallest absolute Gasteiger partial charge is 0.404 e. The second-order valence-electron chi connectivity index (χ2n) is 4.64. The van der Waals surface area contributed by atoms with E-state index in [2.05, 4.69) is 25.0 Å². The molecule has 24 heavy (non-hydrogen) atoms. The molecule has 0 aliphatic carbocycles. The summed E-state index contributed by atoms with van der Waals surface area (Å²) < 4.78 is 39.9. The molecule has 9 heteroatoms. The van der Waals surface area contributed by atoms with Gasteiger partial charge in [0.05, 0.1) is 17.2 Å². The van der Waals surface area contributed by atoms with Crippen LogP contribution in [-0.2, 0) is 0 Å². The third kappa shape index (κ3) is 3.75. The van der Waals surface area contributed by atoms with Gasteiger partial charge in [0.1, 0.15) is 11.4 Å². The van der Waals surface area contributed by atoms with Crippen LogP contribution in [0, 0.1) is 0 Å². The summed E-state index contributed by atoms with van der Waals surface area (Å²) >= 11 is 0. The van der Waals surface area contributed by atoms with E-state index in [0.29, 0.717) is 16.7 Å². The Labute approximate surface area is 133 Å². The minimum absolute atomic E-state index is 0.0521. The van der Waals surface area contributed by atoms with Gasteiger partial charge in [-0.25, -0.2) is 4.98 Å². The number of alkyl halides is 3. The lowest BCUT2D eigenvalue weighted by Crippen LogP contribution is -2.18. The zero-order chi connectivity index (χ0) is 17.2. The molecule has 1 N–H and O–H groups in total. The molecule has 6 nitrogen and oxygen atoms in total. The molecule has 122 valence electrons. The van der Waals surface area contributed by atoms with Gasteiger partial charge < -0.3 is 10.1 Å². The molecule has 2 aromatic heterocycles. The summed E-state index contributed by atoms with van der Waals surface area (Å²) in [5.74, 6) is -1.07. The largest absolute Gasteiger partial charge is 0.573 e. The number of benzene rings is 1. The van der Waals surface area contributed by atoms with E-state index in [0.717, 1.165) is 18.3 Å². The summed E-state index contributed by atoms with van der Waals surface area (Å²) in [6.45, 7) is 0. The molecular formula is C15H9F3N4O2. The lowest BCUT2D eigenvalue weighted by Gasteiger charge is -2.09. The number of halogens is 3. The Morgan fingerprint density at radius 3 is 2.42 bits per heavy atom. The Kier molecular flexibility index (Phi) is 3.98. The Morgan fingerprint density at radius 2 is 1.75 bits per heavy atom. The second-order valence-corrected chi connectivity index (χ2v) is 4.64. The lowest BCUT2D eigenvalue weighted by atomic mass is 10.2. The molecule has 0 bridgehead atoms. The minimum Gasteiger partial charge on any atom is -0.404 e. The quantitative estimate of drug-likeness (QED) is 0.796. The highest BCUT2D eigenvalue weighted by molar-refractivity contribution is 6.03. The van der Waals surface area contributed by atoms with Crippen LogP contribution < -0.4 is 10.1 Å². The van der Waals surface area contributed by atoms with Crippen molar-refractivity contribution in [2.75, 3.05) is 5.32 Å². The lowest BCUT2D eigenvalue weighted by molar-refractivity contribution is -0.274. The fraction of sp³-hybridized carbons (Fsp3) is 0.0667. The normalized spacial score (nSPS) is 11.3. The van der Waals surface area contributed by atoms with Crippen molar-refractivity contribution in [2.45, 2.75) is 6.36 Å². The van der Waals surface area contributed by atoms with Crippen LogP contribution in [-0.4, -0.2) is 27.2 Å². The van der Waals surface area contributed by atoms with E-state index in [1.54, 1.807) is 24.4 Å². The van der Waals surface area contributed by atoms with Crippen LogP contribution in [0.25, 0.3) is 11.0 Å². The van der Waals surface area contributed by atoms with Gasteiger partial charge in [0.25, 0.3) is 5.91 Å². The van der Waals surface area contributed by atoms with Gasteiger partial charge in [-0.1, -0.05) is 0 Å². The maximum Gasteiger partial charge on any atom is 0.573 e. The molecule has 0 unspecified atom stereocenters. The molecule has 0 fully saturated rings. The summed E-state index contributed by atoms with van der Waals surface area (Å²) in [5.41, 5.74) is 1.67. The number of hydrogen-bond acceptors (Lipinski definition) is 5. The Hall–Kier alpha value is -3.23. The number of fused-ring (bicyclic) bond motifs is 1. The number of aromatic nitrogens is 3. The zero-order valence-corrected chi connectivity index (χ0v) is 11.9. The van der Waals surface area contributed by atoms with Crippen LogP contribution in [0.1, 0.15) is 10.5 Å². The molecule has 3 aromatic rings. The van der Waals surface area contributed by atoms with Crippen LogP contribution in [0.5, 0.6) is 5.75 Å². The number of anilines is 1.